The molecule has 0 saturated carbocycles. The predicted molar refractivity (Wildman–Crippen MR) is 105 cm³/mol. The van der Waals surface area contributed by atoms with Crippen LogP contribution in [0.4, 0.5) is 4.39 Å². The lowest BCUT2D eigenvalue weighted by atomic mass is 10.0. The van der Waals surface area contributed by atoms with Crippen LogP contribution >= 0.6 is 0 Å². The van der Waals surface area contributed by atoms with Gasteiger partial charge in [0.1, 0.15) is 12.4 Å². The van der Waals surface area contributed by atoms with Crippen LogP contribution in [0.2, 0.25) is 0 Å². The van der Waals surface area contributed by atoms with E-state index in [9.17, 15) is 4.39 Å². The van der Waals surface area contributed by atoms with Crippen molar-refractivity contribution in [2.75, 3.05) is 20.8 Å². The molecule has 5 nitrogen and oxygen atoms in total. The fourth-order valence-corrected chi connectivity index (χ4v) is 3.19. The van der Waals surface area contributed by atoms with E-state index >= 15 is 0 Å². The molecule has 0 radical (unpaired) electrons. The summed E-state index contributed by atoms with van der Waals surface area (Å²) in [7, 11) is 3.54. The third-order valence-corrected chi connectivity index (χ3v) is 4.82. The average molecular weight is 389 g/mol. The van der Waals surface area contributed by atoms with Crippen LogP contribution < -0.4 is 9.47 Å². The lowest BCUT2D eigenvalue weighted by Gasteiger charge is -2.19. The smallest absolute Gasteiger partial charge is 0.179 e. The SMILES string of the molecule is CCCCO[C@H]1C[C@H](c2ccc(OCc3ccc(F)cc3)c(OC)c2)N(C)O1. The molecule has 28 heavy (non-hydrogen) atoms. The molecular formula is C22H28FNO4. The Labute approximate surface area is 165 Å². The van der Waals surface area contributed by atoms with Crippen molar-refractivity contribution in [3.05, 3.63) is 59.4 Å². The van der Waals surface area contributed by atoms with Gasteiger partial charge in [0.2, 0.25) is 0 Å². The van der Waals surface area contributed by atoms with Crippen LogP contribution in [0, 0.1) is 5.82 Å². The van der Waals surface area contributed by atoms with Gasteiger partial charge in [0.25, 0.3) is 0 Å². The summed E-state index contributed by atoms with van der Waals surface area (Å²) in [6.07, 6.45) is 2.67. The summed E-state index contributed by atoms with van der Waals surface area (Å²) in [6, 6.07) is 12.2. The van der Waals surface area contributed by atoms with Gasteiger partial charge >= 0.3 is 0 Å². The second-order valence-electron chi connectivity index (χ2n) is 6.88. The van der Waals surface area contributed by atoms with E-state index in [0.29, 0.717) is 24.7 Å². The number of hydroxylamine groups is 2. The topological polar surface area (TPSA) is 40.2 Å². The third kappa shape index (κ3) is 5.22. The number of hydrogen-bond acceptors (Lipinski definition) is 5. The van der Waals surface area contributed by atoms with Gasteiger partial charge in [-0.2, -0.15) is 5.06 Å². The van der Waals surface area contributed by atoms with Crippen molar-refractivity contribution in [3.8, 4) is 11.5 Å². The molecule has 0 N–H and O–H groups in total. The van der Waals surface area contributed by atoms with Crippen LogP contribution in [0.3, 0.4) is 0 Å². The number of benzene rings is 2. The van der Waals surface area contributed by atoms with E-state index in [1.165, 1.54) is 12.1 Å². The molecule has 0 spiro atoms. The molecule has 3 rings (SSSR count). The fraction of sp³-hybridized carbons (Fsp3) is 0.455. The Kier molecular flexibility index (Phi) is 7.25. The Morgan fingerprint density at radius 3 is 2.64 bits per heavy atom. The monoisotopic (exact) mass is 389 g/mol. The van der Waals surface area contributed by atoms with Gasteiger partial charge in [0.15, 0.2) is 17.8 Å². The highest BCUT2D eigenvalue weighted by Gasteiger charge is 2.33. The molecule has 6 heteroatoms. The van der Waals surface area contributed by atoms with Crippen molar-refractivity contribution in [2.24, 2.45) is 0 Å². The fourth-order valence-electron chi connectivity index (χ4n) is 3.19. The highest BCUT2D eigenvalue weighted by molar-refractivity contribution is 5.44. The molecule has 0 unspecified atom stereocenters. The zero-order valence-electron chi connectivity index (χ0n) is 16.7. The third-order valence-electron chi connectivity index (χ3n) is 4.82. The van der Waals surface area contributed by atoms with E-state index in [4.69, 9.17) is 19.0 Å². The number of unbranched alkanes of at least 4 members (excludes halogenated alkanes) is 1. The van der Waals surface area contributed by atoms with Crippen molar-refractivity contribution in [1.29, 1.82) is 0 Å². The summed E-state index contributed by atoms with van der Waals surface area (Å²) in [6.45, 7) is 3.19. The molecule has 1 fully saturated rings. The molecule has 0 aromatic heterocycles. The van der Waals surface area contributed by atoms with Crippen LogP contribution in [0.25, 0.3) is 0 Å². The minimum Gasteiger partial charge on any atom is -0.493 e. The number of nitrogens with zero attached hydrogens (tertiary/aromatic N) is 1. The van der Waals surface area contributed by atoms with Crippen LogP contribution in [0.1, 0.15) is 43.4 Å². The molecular weight excluding hydrogens is 361 g/mol. The lowest BCUT2D eigenvalue weighted by molar-refractivity contribution is -0.229. The van der Waals surface area contributed by atoms with Crippen molar-refractivity contribution < 1.29 is 23.4 Å². The van der Waals surface area contributed by atoms with Crippen molar-refractivity contribution in [1.82, 2.24) is 5.06 Å². The Bertz CT molecular complexity index is 753. The van der Waals surface area contributed by atoms with E-state index < -0.39 is 0 Å². The maximum absolute atomic E-state index is 13.0. The average Bonchev–Trinajstić information content (AvgIpc) is 3.08. The first-order valence-electron chi connectivity index (χ1n) is 9.67. The molecule has 2 aromatic carbocycles. The number of rotatable bonds is 9. The summed E-state index contributed by atoms with van der Waals surface area (Å²) in [4.78, 5) is 5.80. The highest BCUT2D eigenvalue weighted by atomic mass is 19.1. The van der Waals surface area contributed by atoms with Gasteiger partial charge < -0.3 is 14.2 Å². The highest BCUT2D eigenvalue weighted by Crippen LogP contribution is 2.37. The Balaban J connectivity index is 1.64. The largest absolute Gasteiger partial charge is 0.493 e. The van der Waals surface area contributed by atoms with Gasteiger partial charge in [-0.25, -0.2) is 4.39 Å². The van der Waals surface area contributed by atoms with Gasteiger partial charge in [-0.1, -0.05) is 31.5 Å². The molecule has 0 bridgehead atoms. The van der Waals surface area contributed by atoms with Crippen LogP contribution in [-0.2, 0) is 16.2 Å². The summed E-state index contributed by atoms with van der Waals surface area (Å²) >= 11 is 0. The standard InChI is InChI=1S/C22H28FNO4/c1-4-5-12-26-22-14-19(24(2)28-22)17-8-11-20(21(13-17)25-3)27-15-16-6-9-18(23)10-7-16/h6-11,13,19,22H,4-5,12,14-15H2,1-3H3/t19-,22-/m1/s1. The van der Waals surface area contributed by atoms with Crippen LogP contribution in [0.5, 0.6) is 11.5 Å². The number of hydrogen-bond donors (Lipinski definition) is 0. The summed E-state index contributed by atoms with van der Waals surface area (Å²) in [5.41, 5.74) is 1.97. The normalized spacial score (nSPS) is 19.7. The van der Waals surface area contributed by atoms with Crippen molar-refractivity contribution in [3.63, 3.8) is 0 Å². The van der Waals surface area contributed by atoms with Gasteiger partial charge in [-0.05, 0) is 41.8 Å². The summed E-state index contributed by atoms with van der Waals surface area (Å²) in [5, 5.41) is 1.84. The molecule has 1 saturated heterocycles. The number of methoxy groups -OCH3 is 1. The van der Waals surface area contributed by atoms with Crippen LogP contribution in [-0.4, -0.2) is 32.1 Å². The quantitative estimate of drug-likeness (QED) is 0.573. The van der Waals surface area contributed by atoms with Gasteiger partial charge in [-0.3, -0.25) is 4.84 Å². The van der Waals surface area contributed by atoms with Crippen LogP contribution in [0.15, 0.2) is 42.5 Å². The molecule has 0 amide bonds. The van der Waals surface area contributed by atoms with E-state index in [1.807, 2.05) is 30.3 Å². The first-order chi connectivity index (χ1) is 13.6. The first-order valence-corrected chi connectivity index (χ1v) is 9.67. The van der Waals surface area contributed by atoms with Crippen molar-refractivity contribution in [2.45, 2.75) is 45.1 Å². The maximum atomic E-state index is 13.0. The minimum absolute atomic E-state index is 0.0895. The zero-order chi connectivity index (χ0) is 19.9. The predicted octanol–water partition coefficient (Wildman–Crippen LogP) is 4.86. The molecule has 0 aliphatic carbocycles. The van der Waals surface area contributed by atoms with E-state index in [2.05, 4.69) is 6.92 Å². The molecule has 2 atom stereocenters. The Hall–Kier alpha value is -2.15. The van der Waals surface area contributed by atoms with Gasteiger partial charge in [-0.15, -0.1) is 0 Å². The van der Waals surface area contributed by atoms with Crippen molar-refractivity contribution >= 4 is 0 Å². The lowest BCUT2D eigenvalue weighted by Crippen LogP contribution is -2.18. The van der Waals surface area contributed by atoms with Gasteiger partial charge in [0.05, 0.1) is 13.2 Å². The van der Waals surface area contributed by atoms with E-state index in [-0.39, 0.29) is 18.1 Å². The van der Waals surface area contributed by atoms with E-state index in [0.717, 1.165) is 30.4 Å². The first kappa shape index (κ1) is 20.6. The van der Waals surface area contributed by atoms with Gasteiger partial charge in [0, 0.05) is 20.1 Å². The Morgan fingerprint density at radius 1 is 1.14 bits per heavy atom. The maximum Gasteiger partial charge on any atom is 0.179 e. The number of ether oxygens (including phenoxy) is 3. The molecule has 1 aliphatic rings. The summed E-state index contributed by atoms with van der Waals surface area (Å²) < 4.78 is 30.2. The second-order valence-corrected chi connectivity index (χ2v) is 6.88. The minimum atomic E-state index is -0.259. The second kappa shape index (κ2) is 9.87. The molecule has 1 heterocycles. The zero-order valence-corrected chi connectivity index (χ0v) is 16.7. The molecule has 1 aliphatic heterocycles. The van der Waals surface area contributed by atoms with E-state index in [1.54, 1.807) is 19.2 Å². The molecule has 152 valence electrons. The number of halogens is 1. The Morgan fingerprint density at radius 2 is 1.93 bits per heavy atom. The molecule has 2 aromatic rings. The summed E-state index contributed by atoms with van der Waals surface area (Å²) in [5.74, 6) is 1.04.